The fraction of sp³-hybridized carbons (Fsp3) is 0.250. The third-order valence-electron chi connectivity index (χ3n) is 4.67. The van der Waals surface area contributed by atoms with Crippen molar-refractivity contribution in [1.29, 1.82) is 0 Å². The molecule has 1 aliphatic heterocycles. The van der Waals surface area contributed by atoms with Crippen molar-refractivity contribution in [3.63, 3.8) is 0 Å². The van der Waals surface area contributed by atoms with Crippen molar-refractivity contribution in [3.8, 4) is 5.75 Å². The van der Waals surface area contributed by atoms with Crippen LogP contribution in [0.5, 0.6) is 5.75 Å². The van der Waals surface area contributed by atoms with Crippen LogP contribution >= 0.6 is 0 Å². The van der Waals surface area contributed by atoms with Crippen molar-refractivity contribution in [3.05, 3.63) is 66.9 Å². The van der Waals surface area contributed by atoms with Gasteiger partial charge in [0.25, 0.3) is 0 Å². The lowest BCUT2D eigenvalue weighted by molar-refractivity contribution is 0.136. The summed E-state index contributed by atoms with van der Waals surface area (Å²) in [6.45, 7) is 0.917. The Labute approximate surface area is 153 Å². The average molecular weight is 368 g/mol. The summed E-state index contributed by atoms with van der Waals surface area (Å²) < 4.78 is 33.1. The van der Waals surface area contributed by atoms with Gasteiger partial charge in [-0.1, -0.05) is 36.4 Å². The predicted octanol–water partition coefficient (Wildman–Crippen LogP) is 3.47. The molecule has 0 N–H and O–H groups in total. The van der Waals surface area contributed by atoms with Gasteiger partial charge in [-0.2, -0.15) is 4.31 Å². The van der Waals surface area contributed by atoms with E-state index in [1.165, 1.54) is 0 Å². The second kappa shape index (κ2) is 7.05. The lowest BCUT2D eigenvalue weighted by Crippen LogP contribution is -2.41. The SMILES string of the molecule is O=S(=O)(c1ccccc1)N1CCC(Oc2cccc3cccnc23)CC1. The van der Waals surface area contributed by atoms with Gasteiger partial charge in [0, 0.05) is 24.7 Å². The first-order valence-electron chi connectivity index (χ1n) is 8.70. The number of ether oxygens (including phenoxy) is 1. The Balaban J connectivity index is 1.46. The second-order valence-corrected chi connectivity index (χ2v) is 8.30. The molecule has 1 saturated heterocycles. The highest BCUT2D eigenvalue weighted by Crippen LogP contribution is 2.27. The molecule has 2 heterocycles. The number of fused-ring (bicyclic) bond motifs is 1. The molecule has 0 spiro atoms. The molecule has 0 bridgehead atoms. The van der Waals surface area contributed by atoms with Gasteiger partial charge in [-0.25, -0.2) is 8.42 Å². The summed E-state index contributed by atoms with van der Waals surface area (Å²) in [5, 5.41) is 1.04. The summed E-state index contributed by atoms with van der Waals surface area (Å²) in [5.74, 6) is 0.757. The van der Waals surface area contributed by atoms with Crippen molar-refractivity contribution in [1.82, 2.24) is 9.29 Å². The Morgan fingerprint density at radius 3 is 2.42 bits per heavy atom. The molecule has 1 fully saturated rings. The number of rotatable bonds is 4. The van der Waals surface area contributed by atoms with Crippen LogP contribution in [0.2, 0.25) is 0 Å². The van der Waals surface area contributed by atoms with E-state index in [4.69, 9.17) is 4.74 Å². The lowest BCUT2D eigenvalue weighted by atomic mass is 10.1. The zero-order valence-corrected chi connectivity index (χ0v) is 15.1. The topological polar surface area (TPSA) is 59.5 Å². The first kappa shape index (κ1) is 17.0. The summed E-state index contributed by atoms with van der Waals surface area (Å²) in [6.07, 6.45) is 3.07. The molecule has 5 nitrogen and oxygen atoms in total. The highest BCUT2D eigenvalue weighted by molar-refractivity contribution is 7.89. The molecule has 3 aromatic rings. The molecule has 0 amide bonds. The van der Waals surface area contributed by atoms with Gasteiger partial charge in [-0.05, 0) is 37.1 Å². The molecule has 0 saturated carbocycles. The number of hydrogen-bond donors (Lipinski definition) is 0. The van der Waals surface area contributed by atoms with Gasteiger partial charge in [0.05, 0.1) is 4.90 Å². The molecule has 0 radical (unpaired) electrons. The number of benzene rings is 2. The maximum Gasteiger partial charge on any atom is 0.243 e. The summed E-state index contributed by atoms with van der Waals surface area (Å²) in [5.41, 5.74) is 0.842. The predicted molar refractivity (Wildman–Crippen MR) is 101 cm³/mol. The number of nitrogens with zero attached hydrogens (tertiary/aromatic N) is 2. The number of hydrogen-bond acceptors (Lipinski definition) is 4. The largest absolute Gasteiger partial charge is 0.488 e. The van der Waals surface area contributed by atoms with Gasteiger partial charge in [-0.15, -0.1) is 0 Å². The van der Waals surface area contributed by atoms with Crippen LogP contribution in [0, 0.1) is 0 Å². The minimum atomic E-state index is -3.43. The third kappa shape index (κ3) is 3.30. The Morgan fingerprint density at radius 2 is 1.65 bits per heavy atom. The van der Waals surface area contributed by atoms with E-state index in [-0.39, 0.29) is 6.10 Å². The van der Waals surface area contributed by atoms with Crippen LogP contribution in [0.3, 0.4) is 0 Å². The Hall–Kier alpha value is -2.44. The van der Waals surface area contributed by atoms with E-state index in [2.05, 4.69) is 4.98 Å². The van der Waals surface area contributed by atoms with E-state index >= 15 is 0 Å². The minimum absolute atomic E-state index is 0.00942. The molecule has 4 rings (SSSR count). The smallest absolute Gasteiger partial charge is 0.243 e. The van der Waals surface area contributed by atoms with Crippen molar-refractivity contribution >= 4 is 20.9 Å². The van der Waals surface area contributed by atoms with Gasteiger partial charge in [0.1, 0.15) is 17.4 Å². The molecule has 134 valence electrons. The Kier molecular flexibility index (Phi) is 4.61. The van der Waals surface area contributed by atoms with Crippen LogP contribution in [-0.2, 0) is 10.0 Å². The molecule has 1 aliphatic rings. The molecule has 0 unspecified atom stereocenters. The molecular formula is C20H20N2O3S. The van der Waals surface area contributed by atoms with Crippen LogP contribution in [0.4, 0.5) is 0 Å². The van der Waals surface area contributed by atoms with Crippen molar-refractivity contribution < 1.29 is 13.2 Å². The molecule has 1 aromatic heterocycles. The van der Waals surface area contributed by atoms with Gasteiger partial charge in [0.15, 0.2) is 0 Å². The van der Waals surface area contributed by atoms with E-state index in [1.807, 2.05) is 36.4 Å². The zero-order valence-electron chi connectivity index (χ0n) is 14.3. The molecule has 26 heavy (non-hydrogen) atoms. The van der Waals surface area contributed by atoms with E-state index in [0.717, 1.165) is 16.7 Å². The van der Waals surface area contributed by atoms with Crippen LogP contribution in [0.1, 0.15) is 12.8 Å². The van der Waals surface area contributed by atoms with Crippen molar-refractivity contribution in [2.75, 3.05) is 13.1 Å². The number of piperidine rings is 1. The van der Waals surface area contributed by atoms with Crippen molar-refractivity contribution in [2.24, 2.45) is 0 Å². The molecule has 2 aromatic carbocycles. The highest BCUT2D eigenvalue weighted by atomic mass is 32.2. The number of para-hydroxylation sites is 1. The highest BCUT2D eigenvalue weighted by Gasteiger charge is 2.30. The molecular weight excluding hydrogens is 348 g/mol. The molecule has 0 atom stereocenters. The van der Waals surface area contributed by atoms with E-state index in [1.54, 1.807) is 34.8 Å². The van der Waals surface area contributed by atoms with Crippen molar-refractivity contribution in [2.45, 2.75) is 23.8 Å². The number of sulfonamides is 1. The average Bonchev–Trinajstić information content (AvgIpc) is 2.69. The van der Waals surface area contributed by atoms with Crippen LogP contribution in [-0.4, -0.2) is 36.9 Å². The van der Waals surface area contributed by atoms with E-state index in [9.17, 15) is 8.42 Å². The standard InChI is InChI=1S/C20H20N2O3S/c23-26(24,18-8-2-1-3-9-18)22-14-11-17(12-15-22)25-19-10-4-6-16-7-5-13-21-20(16)19/h1-10,13,17H,11-12,14-15H2. The summed E-state index contributed by atoms with van der Waals surface area (Å²) >= 11 is 0. The summed E-state index contributed by atoms with van der Waals surface area (Å²) in [4.78, 5) is 4.75. The Morgan fingerprint density at radius 1 is 0.923 bits per heavy atom. The normalized spacial score (nSPS) is 16.6. The molecule has 0 aliphatic carbocycles. The van der Waals surface area contributed by atoms with Crippen LogP contribution in [0.15, 0.2) is 71.8 Å². The second-order valence-electron chi connectivity index (χ2n) is 6.37. The van der Waals surface area contributed by atoms with E-state index in [0.29, 0.717) is 30.8 Å². The fourth-order valence-corrected chi connectivity index (χ4v) is 4.77. The zero-order chi connectivity index (χ0) is 18.0. The minimum Gasteiger partial charge on any atom is -0.488 e. The summed E-state index contributed by atoms with van der Waals surface area (Å²) in [6, 6.07) is 18.4. The maximum absolute atomic E-state index is 12.7. The maximum atomic E-state index is 12.7. The number of aromatic nitrogens is 1. The van der Waals surface area contributed by atoms with Gasteiger partial charge < -0.3 is 4.74 Å². The van der Waals surface area contributed by atoms with Gasteiger partial charge in [-0.3, -0.25) is 4.98 Å². The Bertz CT molecular complexity index is 993. The lowest BCUT2D eigenvalue weighted by Gasteiger charge is -2.31. The van der Waals surface area contributed by atoms with E-state index < -0.39 is 10.0 Å². The monoisotopic (exact) mass is 368 g/mol. The van der Waals surface area contributed by atoms with Gasteiger partial charge in [0.2, 0.25) is 10.0 Å². The molecule has 6 heteroatoms. The van der Waals surface area contributed by atoms with Gasteiger partial charge >= 0.3 is 0 Å². The summed E-state index contributed by atoms with van der Waals surface area (Å²) in [7, 11) is -3.43. The third-order valence-corrected chi connectivity index (χ3v) is 6.58. The first-order chi connectivity index (χ1) is 12.6. The van der Waals surface area contributed by atoms with Crippen LogP contribution < -0.4 is 4.74 Å². The first-order valence-corrected chi connectivity index (χ1v) is 10.1. The fourth-order valence-electron chi connectivity index (χ4n) is 3.28. The quantitative estimate of drug-likeness (QED) is 0.708. The van der Waals surface area contributed by atoms with Crippen LogP contribution in [0.25, 0.3) is 10.9 Å². The number of pyridine rings is 1.